The molecule has 0 aromatic heterocycles. The zero-order chi connectivity index (χ0) is 19.4. The van der Waals surface area contributed by atoms with Crippen molar-refractivity contribution in [3.63, 3.8) is 0 Å². The fourth-order valence-electron chi connectivity index (χ4n) is 3.63. The maximum atomic E-state index is 12.4. The number of thioether (sulfide) groups is 1. The van der Waals surface area contributed by atoms with E-state index in [4.69, 9.17) is 4.74 Å². The molecular weight excluding hydrogens is 362 g/mol. The Morgan fingerprint density at radius 1 is 1.19 bits per heavy atom. The predicted octanol–water partition coefficient (Wildman–Crippen LogP) is 2.07. The average molecular weight is 392 g/mol. The number of hydrogen-bond acceptors (Lipinski definition) is 5. The third-order valence-corrected chi connectivity index (χ3v) is 6.45. The van der Waals surface area contributed by atoms with Crippen LogP contribution in [0.3, 0.4) is 0 Å². The molecule has 2 aliphatic heterocycles. The third-order valence-electron chi connectivity index (χ3n) is 5.21. The number of amides is 2. The van der Waals surface area contributed by atoms with Crippen LogP contribution >= 0.6 is 11.8 Å². The van der Waals surface area contributed by atoms with Crippen molar-refractivity contribution < 1.29 is 14.3 Å². The molecule has 2 amide bonds. The summed E-state index contributed by atoms with van der Waals surface area (Å²) < 4.78 is 5.49. The smallest absolute Gasteiger partial charge is 0.233 e. The lowest BCUT2D eigenvalue weighted by molar-refractivity contribution is -0.136. The van der Waals surface area contributed by atoms with Gasteiger partial charge in [0.05, 0.1) is 12.9 Å². The molecule has 0 aliphatic carbocycles. The van der Waals surface area contributed by atoms with Gasteiger partial charge in [-0.2, -0.15) is 0 Å². The number of nitrogens with zero attached hydrogens (tertiary/aromatic N) is 3. The molecule has 27 heavy (non-hydrogen) atoms. The normalized spacial score (nSPS) is 21.2. The molecule has 2 aliphatic rings. The molecular formula is C20H29N3O3S. The van der Waals surface area contributed by atoms with Gasteiger partial charge in [-0.1, -0.05) is 32.0 Å². The molecule has 0 radical (unpaired) electrons. The SMILES string of the molecule is COc1ccccc1C1SCC(=O)N1CCN1CCN(C(=O)C(C)C)CC1. The Balaban J connectivity index is 1.57. The van der Waals surface area contributed by atoms with Gasteiger partial charge in [0, 0.05) is 50.7 Å². The van der Waals surface area contributed by atoms with E-state index in [0.29, 0.717) is 12.3 Å². The molecule has 1 unspecified atom stereocenters. The van der Waals surface area contributed by atoms with Gasteiger partial charge in [0.25, 0.3) is 0 Å². The van der Waals surface area contributed by atoms with Crippen LogP contribution in [0.5, 0.6) is 5.75 Å². The summed E-state index contributed by atoms with van der Waals surface area (Å²) in [5.41, 5.74) is 1.06. The summed E-state index contributed by atoms with van der Waals surface area (Å²) in [5.74, 6) is 1.81. The monoisotopic (exact) mass is 391 g/mol. The molecule has 1 atom stereocenters. The summed E-state index contributed by atoms with van der Waals surface area (Å²) in [6.45, 7) is 8.71. The second-order valence-corrected chi connectivity index (χ2v) is 8.38. The van der Waals surface area contributed by atoms with Crippen molar-refractivity contribution in [1.29, 1.82) is 0 Å². The van der Waals surface area contributed by atoms with Crippen molar-refractivity contribution in [3.8, 4) is 5.75 Å². The van der Waals surface area contributed by atoms with Crippen LogP contribution in [0.25, 0.3) is 0 Å². The van der Waals surface area contributed by atoms with E-state index in [9.17, 15) is 9.59 Å². The average Bonchev–Trinajstić information content (AvgIpc) is 3.06. The number of piperazine rings is 1. The lowest BCUT2D eigenvalue weighted by Gasteiger charge is -2.36. The first-order chi connectivity index (χ1) is 13.0. The van der Waals surface area contributed by atoms with E-state index in [2.05, 4.69) is 4.90 Å². The van der Waals surface area contributed by atoms with Gasteiger partial charge in [-0.3, -0.25) is 14.5 Å². The Bertz CT molecular complexity index is 674. The highest BCUT2D eigenvalue weighted by Gasteiger charge is 2.34. The number of ether oxygens (including phenoxy) is 1. The van der Waals surface area contributed by atoms with E-state index in [0.717, 1.165) is 44.0 Å². The number of carbonyl (C=O) groups excluding carboxylic acids is 2. The molecule has 0 saturated carbocycles. The zero-order valence-corrected chi connectivity index (χ0v) is 17.2. The van der Waals surface area contributed by atoms with Crippen molar-refractivity contribution in [2.75, 3.05) is 52.1 Å². The van der Waals surface area contributed by atoms with Gasteiger partial charge in [-0.25, -0.2) is 0 Å². The zero-order valence-electron chi connectivity index (χ0n) is 16.4. The van der Waals surface area contributed by atoms with Crippen LogP contribution in [0.4, 0.5) is 0 Å². The van der Waals surface area contributed by atoms with E-state index >= 15 is 0 Å². The molecule has 0 spiro atoms. The second-order valence-electron chi connectivity index (χ2n) is 7.31. The van der Waals surface area contributed by atoms with Gasteiger partial charge >= 0.3 is 0 Å². The van der Waals surface area contributed by atoms with Crippen molar-refractivity contribution in [1.82, 2.24) is 14.7 Å². The van der Waals surface area contributed by atoms with Crippen LogP contribution in [-0.2, 0) is 9.59 Å². The largest absolute Gasteiger partial charge is 0.496 e. The molecule has 3 rings (SSSR count). The molecule has 0 N–H and O–H groups in total. The number of hydrogen-bond donors (Lipinski definition) is 0. The number of para-hydroxylation sites is 1. The van der Waals surface area contributed by atoms with Crippen LogP contribution in [0, 0.1) is 5.92 Å². The van der Waals surface area contributed by atoms with Crippen molar-refractivity contribution in [2.45, 2.75) is 19.2 Å². The Kier molecular flexibility index (Phi) is 6.65. The Morgan fingerprint density at radius 2 is 1.89 bits per heavy atom. The Hall–Kier alpha value is -1.73. The van der Waals surface area contributed by atoms with Crippen LogP contribution in [0.2, 0.25) is 0 Å². The molecule has 7 heteroatoms. The van der Waals surface area contributed by atoms with E-state index in [-0.39, 0.29) is 23.1 Å². The van der Waals surface area contributed by atoms with Gasteiger partial charge < -0.3 is 14.5 Å². The fraction of sp³-hybridized carbons (Fsp3) is 0.600. The Labute approximate surface area is 165 Å². The minimum Gasteiger partial charge on any atom is -0.496 e. The van der Waals surface area contributed by atoms with E-state index in [1.807, 2.05) is 47.9 Å². The molecule has 6 nitrogen and oxygen atoms in total. The van der Waals surface area contributed by atoms with Crippen molar-refractivity contribution in [3.05, 3.63) is 29.8 Å². The molecule has 148 valence electrons. The van der Waals surface area contributed by atoms with Crippen LogP contribution in [-0.4, -0.2) is 78.6 Å². The molecule has 2 saturated heterocycles. The Morgan fingerprint density at radius 3 is 2.56 bits per heavy atom. The van der Waals surface area contributed by atoms with E-state index in [1.165, 1.54) is 0 Å². The van der Waals surface area contributed by atoms with Crippen molar-refractivity contribution >= 4 is 23.6 Å². The maximum absolute atomic E-state index is 12.4. The van der Waals surface area contributed by atoms with Crippen LogP contribution in [0.15, 0.2) is 24.3 Å². The molecule has 1 aromatic carbocycles. The van der Waals surface area contributed by atoms with Gasteiger partial charge in [0.2, 0.25) is 11.8 Å². The van der Waals surface area contributed by atoms with E-state index < -0.39 is 0 Å². The fourth-order valence-corrected chi connectivity index (χ4v) is 4.87. The summed E-state index contributed by atoms with van der Waals surface area (Å²) in [6.07, 6.45) is 0. The summed E-state index contributed by atoms with van der Waals surface area (Å²) in [6, 6.07) is 7.93. The summed E-state index contributed by atoms with van der Waals surface area (Å²) in [5, 5.41) is 0.0115. The lowest BCUT2D eigenvalue weighted by Crippen LogP contribution is -2.51. The number of rotatable bonds is 6. The topological polar surface area (TPSA) is 53.1 Å². The predicted molar refractivity (Wildman–Crippen MR) is 108 cm³/mol. The molecule has 2 heterocycles. The van der Waals surface area contributed by atoms with Gasteiger partial charge in [-0.05, 0) is 6.07 Å². The third kappa shape index (κ3) is 4.58. The van der Waals surface area contributed by atoms with Crippen LogP contribution < -0.4 is 4.74 Å². The van der Waals surface area contributed by atoms with Gasteiger partial charge in [0.1, 0.15) is 11.1 Å². The minimum atomic E-state index is 0.0115. The molecule has 0 bridgehead atoms. The molecule has 1 aromatic rings. The van der Waals surface area contributed by atoms with Crippen LogP contribution in [0.1, 0.15) is 24.8 Å². The first-order valence-electron chi connectivity index (χ1n) is 9.56. The highest BCUT2D eigenvalue weighted by molar-refractivity contribution is 8.00. The first kappa shape index (κ1) is 20.0. The molecule has 2 fully saturated rings. The number of carbonyl (C=O) groups is 2. The van der Waals surface area contributed by atoms with Crippen molar-refractivity contribution in [2.24, 2.45) is 5.92 Å². The number of methoxy groups -OCH3 is 1. The standard InChI is InChI=1S/C20H29N3O3S/c1-15(2)19(25)22-11-8-21(9-12-22)10-13-23-18(24)14-27-20(23)16-6-4-5-7-17(16)26-3/h4-7,15,20H,8-14H2,1-3H3. The minimum absolute atomic E-state index is 0.0115. The van der Waals surface area contributed by atoms with Gasteiger partial charge in [-0.15, -0.1) is 11.8 Å². The van der Waals surface area contributed by atoms with E-state index in [1.54, 1.807) is 18.9 Å². The second kappa shape index (κ2) is 8.97. The first-order valence-corrected chi connectivity index (χ1v) is 10.6. The summed E-state index contributed by atoms with van der Waals surface area (Å²) >= 11 is 1.66. The summed E-state index contributed by atoms with van der Waals surface area (Å²) in [4.78, 5) is 30.8. The van der Waals surface area contributed by atoms with Gasteiger partial charge in [0.15, 0.2) is 0 Å². The number of benzene rings is 1. The highest BCUT2D eigenvalue weighted by atomic mass is 32.2. The lowest BCUT2D eigenvalue weighted by atomic mass is 10.1. The highest BCUT2D eigenvalue weighted by Crippen LogP contribution is 2.42. The maximum Gasteiger partial charge on any atom is 0.233 e. The summed E-state index contributed by atoms with van der Waals surface area (Å²) in [7, 11) is 1.67. The quantitative estimate of drug-likeness (QED) is 0.743.